The zero-order valence-corrected chi connectivity index (χ0v) is 11.0. The van der Waals surface area contributed by atoms with Crippen LogP contribution < -0.4 is 11.1 Å². The summed E-state index contributed by atoms with van der Waals surface area (Å²) in [6.45, 7) is 5.55. The second-order valence-electron chi connectivity index (χ2n) is 5.21. The fourth-order valence-corrected chi connectivity index (χ4v) is 2.37. The number of hydrogen-bond acceptors (Lipinski definition) is 2. The van der Waals surface area contributed by atoms with E-state index in [9.17, 15) is 4.79 Å². The summed E-state index contributed by atoms with van der Waals surface area (Å²) in [4.78, 5) is 13.8. The number of benzene rings is 1. The van der Waals surface area contributed by atoms with Crippen LogP contribution in [-0.4, -0.2) is 30.1 Å². The van der Waals surface area contributed by atoms with Crippen LogP contribution in [-0.2, 0) is 0 Å². The van der Waals surface area contributed by atoms with E-state index in [4.69, 9.17) is 5.73 Å². The number of urea groups is 1. The van der Waals surface area contributed by atoms with Crippen molar-refractivity contribution in [2.24, 2.45) is 0 Å². The van der Waals surface area contributed by atoms with Crippen molar-refractivity contribution >= 4 is 11.7 Å². The average Bonchev–Trinajstić information content (AvgIpc) is 2.77. The molecule has 0 radical (unpaired) electrons. The van der Waals surface area contributed by atoms with Gasteiger partial charge in [-0.2, -0.15) is 0 Å². The molecular formula is C14H21N3O. The number of anilines is 1. The lowest BCUT2D eigenvalue weighted by molar-refractivity contribution is 0.205. The molecule has 18 heavy (non-hydrogen) atoms. The topological polar surface area (TPSA) is 58.4 Å². The Morgan fingerprint density at radius 1 is 1.50 bits per heavy atom. The van der Waals surface area contributed by atoms with Crippen LogP contribution in [0.1, 0.15) is 31.7 Å². The second kappa shape index (κ2) is 5.29. The fourth-order valence-electron chi connectivity index (χ4n) is 2.37. The second-order valence-corrected chi connectivity index (χ2v) is 5.21. The SMILES string of the molecule is CC(C)NC(=O)N1CCC(c2cccc(N)c2)C1. The molecule has 98 valence electrons. The monoisotopic (exact) mass is 247 g/mol. The van der Waals surface area contributed by atoms with E-state index in [1.807, 2.05) is 36.9 Å². The third-order valence-electron chi connectivity index (χ3n) is 3.27. The van der Waals surface area contributed by atoms with Crippen LogP contribution in [0.4, 0.5) is 10.5 Å². The van der Waals surface area contributed by atoms with Gasteiger partial charge in [-0.25, -0.2) is 4.79 Å². The molecule has 4 heteroatoms. The smallest absolute Gasteiger partial charge is 0.317 e. The molecule has 1 fully saturated rings. The number of amides is 2. The summed E-state index contributed by atoms with van der Waals surface area (Å²) in [5.41, 5.74) is 7.81. The molecule has 1 aliphatic rings. The van der Waals surface area contributed by atoms with E-state index in [1.165, 1.54) is 5.56 Å². The van der Waals surface area contributed by atoms with Crippen molar-refractivity contribution in [3.8, 4) is 0 Å². The van der Waals surface area contributed by atoms with Crippen molar-refractivity contribution < 1.29 is 4.79 Å². The fraction of sp³-hybridized carbons (Fsp3) is 0.500. The van der Waals surface area contributed by atoms with Gasteiger partial charge in [0.1, 0.15) is 0 Å². The normalized spacial score (nSPS) is 19.3. The van der Waals surface area contributed by atoms with E-state index in [-0.39, 0.29) is 12.1 Å². The highest BCUT2D eigenvalue weighted by Crippen LogP contribution is 2.28. The minimum atomic E-state index is 0.0383. The summed E-state index contributed by atoms with van der Waals surface area (Å²) in [7, 11) is 0. The van der Waals surface area contributed by atoms with Gasteiger partial charge in [0, 0.05) is 30.7 Å². The number of likely N-dealkylation sites (tertiary alicyclic amines) is 1. The van der Waals surface area contributed by atoms with Crippen molar-refractivity contribution in [1.29, 1.82) is 0 Å². The number of nitrogens with zero attached hydrogens (tertiary/aromatic N) is 1. The molecular weight excluding hydrogens is 226 g/mol. The van der Waals surface area contributed by atoms with Gasteiger partial charge in [0.05, 0.1) is 0 Å². The zero-order valence-electron chi connectivity index (χ0n) is 11.0. The highest BCUT2D eigenvalue weighted by molar-refractivity contribution is 5.74. The molecule has 0 aliphatic carbocycles. The van der Waals surface area contributed by atoms with E-state index in [0.29, 0.717) is 5.92 Å². The molecule has 0 saturated carbocycles. The van der Waals surface area contributed by atoms with E-state index >= 15 is 0 Å². The Kier molecular flexibility index (Phi) is 3.75. The van der Waals surface area contributed by atoms with Crippen LogP contribution in [0.15, 0.2) is 24.3 Å². The molecule has 3 N–H and O–H groups in total. The Labute approximate surface area is 108 Å². The molecule has 1 heterocycles. The molecule has 0 spiro atoms. The maximum atomic E-state index is 11.9. The van der Waals surface area contributed by atoms with Gasteiger partial charge in [-0.1, -0.05) is 12.1 Å². The summed E-state index contributed by atoms with van der Waals surface area (Å²) in [5, 5.41) is 2.93. The Morgan fingerprint density at radius 3 is 2.94 bits per heavy atom. The first kappa shape index (κ1) is 12.7. The number of nitrogens with one attached hydrogen (secondary N) is 1. The summed E-state index contributed by atoms with van der Waals surface area (Å²) in [6.07, 6.45) is 1.01. The lowest BCUT2D eigenvalue weighted by atomic mass is 9.98. The molecule has 1 saturated heterocycles. The van der Waals surface area contributed by atoms with Crippen molar-refractivity contribution in [2.75, 3.05) is 18.8 Å². The van der Waals surface area contributed by atoms with Crippen molar-refractivity contribution in [3.63, 3.8) is 0 Å². The van der Waals surface area contributed by atoms with E-state index < -0.39 is 0 Å². The van der Waals surface area contributed by atoms with Crippen molar-refractivity contribution in [2.45, 2.75) is 32.2 Å². The number of nitrogen functional groups attached to an aromatic ring is 1. The lowest BCUT2D eigenvalue weighted by Crippen LogP contribution is -2.41. The van der Waals surface area contributed by atoms with Crippen LogP contribution in [0, 0.1) is 0 Å². The third kappa shape index (κ3) is 2.94. The van der Waals surface area contributed by atoms with E-state index in [2.05, 4.69) is 11.4 Å². The van der Waals surface area contributed by atoms with Crippen LogP contribution in [0.2, 0.25) is 0 Å². The number of nitrogens with two attached hydrogens (primary N) is 1. The number of hydrogen-bond donors (Lipinski definition) is 2. The summed E-state index contributed by atoms with van der Waals surface area (Å²) in [6, 6.07) is 8.18. The molecule has 1 unspecified atom stereocenters. The molecule has 2 rings (SSSR count). The molecule has 2 amide bonds. The highest BCUT2D eigenvalue weighted by Gasteiger charge is 2.27. The lowest BCUT2D eigenvalue weighted by Gasteiger charge is -2.19. The Bertz CT molecular complexity index is 431. The molecule has 1 aromatic rings. The number of carbonyl (C=O) groups is 1. The minimum Gasteiger partial charge on any atom is -0.399 e. The average molecular weight is 247 g/mol. The van der Waals surface area contributed by atoms with Gasteiger partial charge >= 0.3 is 6.03 Å². The molecule has 0 aromatic heterocycles. The largest absolute Gasteiger partial charge is 0.399 e. The molecule has 1 atom stereocenters. The van der Waals surface area contributed by atoms with Crippen LogP contribution in [0.25, 0.3) is 0 Å². The Hall–Kier alpha value is -1.71. The quantitative estimate of drug-likeness (QED) is 0.787. The maximum absolute atomic E-state index is 11.9. The highest BCUT2D eigenvalue weighted by atomic mass is 16.2. The molecule has 0 bridgehead atoms. The Morgan fingerprint density at radius 2 is 2.28 bits per heavy atom. The standard InChI is InChI=1S/C14H21N3O/c1-10(2)16-14(18)17-7-6-12(9-17)11-4-3-5-13(15)8-11/h3-5,8,10,12H,6-7,9,15H2,1-2H3,(H,16,18). The molecule has 4 nitrogen and oxygen atoms in total. The zero-order chi connectivity index (χ0) is 13.1. The molecule has 1 aromatic carbocycles. The predicted octanol–water partition coefficient (Wildman–Crippen LogP) is 2.18. The van der Waals surface area contributed by atoms with Crippen LogP contribution >= 0.6 is 0 Å². The van der Waals surface area contributed by atoms with Gasteiger partial charge < -0.3 is 16.0 Å². The summed E-state index contributed by atoms with van der Waals surface area (Å²) >= 11 is 0. The van der Waals surface area contributed by atoms with Gasteiger partial charge in [-0.05, 0) is 38.0 Å². The van der Waals surface area contributed by atoms with Crippen molar-refractivity contribution in [1.82, 2.24) is 10.2 Å². The van der Waals surface area contributed by atoms with Gasteiger partial charge in [0.15, 0.2) is 0 Å². The predicted molar refractivity (Wildman–Crippen MR) is 73.5 cm³/mol. The van der Waals surface area contributed by atoms with Crippen LogP contribution in [0.3, 0.4) is 0 Å². The van der Waals surface area contributed by atoms with Crippen molar-refractivity contribution in [3.05, 3.63) is 29.8 Å². The number of rotatable bonds is 2. The van der Waals surface area contributed by atoms with Gasteiger partial charge in [-0.15, -0.1) is 0 Å². The van der Waals surface area contributed by atoms with Crippen LogP contribution in [0.5, 0.6) is 0 Å². The summed E-state index contributed by atoms with van der Waals surface area (Å²) in [5.74, 6) is 0.409. The first-order valence-electron chi connectivity index (χ1n) is 6.47. The van der Waals surface area contributed by atoms with E-state index in [1.54, 1.807) is 0 Å². The van der Waals surface area contributed by atoms with E-state index in [0.717, 1.165) is 25.2 Å². The summed E-state index contributed by atoms with van der Waals surface area (Å²) < 4.78 is 0. The first-order chi connectivity index (χ1) is 8.56. The maximum Gasteiger partial charge on any atom is 0.317 e. The third-order valence-corrected chi connectivity index (χ3v) is 3.27. The van der Waals surface area contributed by atoms with Gasteiger partial charge in [0.25, 0.3) is 0 Å². The van der Waals surface area contributed by atoms with Gasteiger partial charge in [-0.3, -0.25) is 0 Å². The first-order valence-corrected chi connectivity index (χ1v) is 6.47. The van der Waals surface area contributed by atoms with Gasteiger partial charge in [0.2, 0.25) is 0 Å². The Balaban J connectivity index is 1.98. The minimum absolute atomic E-state index is 0.0383. The molecule has 1 aliphatic heterocycles. The number of carbonyl (C=O) groups excluding carboxylic acids is 1.